The summed E-state index contributed by atoms with van der Waals surface area (Å²) in [5.41, 5.74) is 3.38. The second-order valence-electron chi connectivity index (χ2n) is 7.50. The van der Waals surface area contributed by atoms with Crippen molar-refractivity contribution in [2.24, 2.45) is 4.99 Å². The Kier molecular flexibility index (Phi) is 4.39. The molecular weight excluding hydrogens is 322 g/mol. The number of hydrogen-bond donors (Lipinski definition) is 1. The third-order valence-electron chi connectivity index (χ3n) is 4.40. The van der Waals surface area contributed by atoms with E-state index >= 15 is 0 Å². The number of benzene rings is 1. The molecule has 0 fully saturated rings. The summed E-state index contributed by atoms with van der Waals surface area (Å²) >= 11 is 6.42. The molecule has 2 aliphatic carbocycles. The maximum Gasteiger partial charge on any atom is 0.168 e. The minimum atomic E-state index is -0.277. The lowest BCUT2D eigenvalue weighted by molar-refractivity contribution is -0.116. The fraction of sp³-hybridized carbons (Fsp3) is 0.400. The van der Waals surface area contributed by atoms with Gasteiger partial charge in [0, 0.05) is 24.1 Å². The number of halogens is 1. The van der Waals surface area contributed by atoms with Gasteiger partial charge in [-0.15, -0.1) is 0 Å². The molecule has 0 radical (unpaired) electrons. The summed E-state index contributed by atoms with van der Waals surface area (Å²) < 4.78 is 0. The molecule has 1 aromatic rings. The molecule has 2 aliphatic rings. The number of Topliss-reactive ketones (excluding diaryl/α,β-unsaturated/α-hetero) is 1. The van der Waals surface area contributed by atoms with E-state index in [1.54, 1.807) is 0 Å². The first-order valence-electron chi connectivity index (χ1n) is 8.24. The molecule has 24 heavy (non-hydrogen) atoms. The first-order valence-corrected chi connectivity index (χ1v) is 8.62. The van der Waals surface area contributed by atoms with Crippen molar-refractivity contribution < 1.29 is 9.90 Å². The summed E-state index contributed by atoms with van der Waals surface area (Å²) in [6, 6.07) is 4.04. The third kappa shape index (κ3) is 3.46. The molecule has 4 heteroatoms. The number of ketones is 1. The Hall–Kier alpha value is -1.87. The highest BCUT2D eigenvalue weighted by molar-refractivity contribution is 6.31. The van der Waals surface area contributed by atoms with Crippen LogP contribution >= 0.6 is 11.6 Å². The van der Waals surface area contributed by atoms with Gasteiger partial charge in [0.25, 0.3) is 0 Å². The Labute approximate surface area is 147 Å². The van der Waals surface area contributed by atoms with Crippen LogP contribution in [0.25, 0.3) is 6.08 Å². The predicted octanol–water partition coefficient (Wildman–Crippen LogP) is 5.04. The van der Waals surface area contributed by atoms with Crippen LogP contribution in [0.3, 0.4) is 0 Å². The second kappa shape index (κ2) is 6.21. The molecule has 0 amide bonds. The maximum absolute atomic E-state index is 12.5. The highest BCUT2D eigenvalue weighted by Crippen LogP contribution is 2.39. The zero-order chi connectivity index (χ0) is 17.5. The van der Waals surface area contributed by atoms with Crippen molar-refractivity contribution in [3.05, 3.63) is 51.3 Å². The first kappa shape index (κ1) is 17.0. The lowest BCUT2D eigenvalue weighted by Gasteiger charge is -2.24. The monoisotopic (exact) mass is 343 g/mol. The van der Waals surface area contributed by atoms with Gasteiger partial charge in [0.05, 0.1) is 11.1 Å². The second-order valence-corrected chi connectivity index (χ2v) is 7.90. The molecule has 3 nitrogen and oxygen atoms in total. The number of rotatable bonds is 2. The molecular formula is C20H22ClNO2. The van der Waals surface area contributed by atoms with Gasteiger partial charge >= 0.3 is 0 Å². The highest BCUT2D eigenvalue weighted by atomic mass is 35.5. The van der Waals surface area contributed by atoms with Crippen LogP contribution in [0, 0.1) is 0 Å². The normalized spacial score (nSPS) is 21.0. The predicted molar refractivity (Wildman–Crippen MR) is 99.1 cm³/mol. The lowest BCUT2D eigenvalue weighted by atomic mass is 9.82. The minimum absolute atomic E-state index is 0.0774. The quantitative estimate of drug-likeness (QED) is 0.765. The van der Waals surface area contributed by atoms with E-state index < -0.39 is 0 Å². The van der Waals surface area contributed by atoms with Crippen LogP contribution in [-0.4, -0.2) is 22.6 Å². The summed E-state index contributed by atoms with van der Waals surface area (Å²) in [7, 11) is 0. The van der Waals surface area contributed by atoms with E-state index in [0.29, 0.717) is 23.4 Å². The minimum Gasteiger partial charge on any atom is -0.511 e. The van der Waals surface area contributed by atoms with Gasteiger partial charge in [-0.05, 0) is 55.9 Å². The number of aliphatic hydroxyl groups excluding tert-OH is 1. The van der Waals surface area contributed by atoms with E-state index in [4.69, 9.17) is 11.6 Å². The van der Waals surface area contributed by atoms with E-state index in [1.165, 1.54) is 11.8 Å². The first-order chi connectivity index (χ1) is 11.2. The van der Waals surface area contributed by atoms with Crippen LogP contribution in [0.2, 0.25) is 5.02 Å². The van der Waals surface area contributed by atoms with Crippen LogP contribution < -0.4 is 0 Å². The number of hydrogen-bond acceptors (Lipinski definition) is 3. The van der Waals surface area contributed by atoms with Gasteiger partial charge in [-0.1, -0.05) is 29.8 Å². The summed E-state index contributed by atoms with van der Waals surface area (Å²) in [5.74, 6) is -0.0481. The van der Waals surface area contributed by atoms with Crippen molar-refractivity contribution in [2.75, 3.05) is 0 Å². The van der Waals surface area contributed by atoms with E-state index in [2.05, 4.69) is 23.2 Å². The van der Waals surface area contributed by atoms with Gasteiger partial charge < -0.3 is 5.11 Å². The van der Waals surface area contributed by atoms with Crippen molar-refractivity contribution in [3.8, 4) is 0 Å². The summed E-state index contributed by atoms with van der Waals surface area (Å²) in [5, 5.41) is 11.0. The van der Waals surface area contributed by atoms with Crippen LogP contribution in [0.4, 0.5) is 0 Å². The highest BCUT2D eigenvalue weighted by Gasteiger charge is 2.30. The van der Waals surface area contributed by atoms with Gasteiger partial charge in [-0.2, -0.15) is 0 Å². The average molecular weight is 344 g/mol. The zero-order valence-electron chi connectivity index (χ0n) is 14.3. The molecule has 1 aromatic carbocycles. The number of aliphatic imine (C=N–C) groups is 1. The van der Waals surface area contributed by atoms with Crippen LogP contribution in [0.15, 0.2) is 34.5 Å². The fourth-order valence-electron chi connectivity index (χ4n) is 3.15. The number of nitrogens with zero attached hydrogens (tertiary/aromatic N) is 1. The van der Waals surface area contributed by atoms with Crippen LogP contribution in [0.5, 0.6) is 0 Å². The topological polar surface area (TPSA) is 49.7 Å². The van der Waals surface area contributed by atoms with Crippen molar-refractivity contribution in [3.63, 3.8) is 0 Å². The molecule has 0 spiro atoms. The Morgan fingerprint density at radius 3 is 2.71 bits per heavy atom. The molecule has 1 unspecified atom stereocenters. The molecule has 0 saturated heterocycles. The van der Waals surface area contributed by atoms with Gasteiger partial charge in [-0.25, -0.2) is 0 Å². The van der Waals surface area contributed by atoms with E-state index in [-0.39, 0.29) is 23.0 Å². The molecule has 0 bridgehead atoms. The van der Waals surface area contributed by atoms with E-state index in [1.807, 2.05) is 26.8 Å². The smallest absolute Gasteiger partial charge is 0.168 e. The Bertz CT molecular complexity index is 782. The van der Waals surface area contributed by atoms with E-state index in [0.717, 1.165) is 17.5 Å². The van der Waals surface area contributed by atoms with Crippen molar-refractivity contribution in [1.29, 1.82) is 0 Å². The summed E-state index contributed by atoms with van der Waals surface area (Å²) in [4.78, 5) is 16.8. The summed E-state index contributed by atoms with van der Waals surface area (Å²) in [6.07, 6.45) is 7.35. The number of carbonyl (C=O) groups excluding carboxylic acids is 1. The standard InChI is InChI=1S/C20H22ClNO2/c1-20(2,3)22-11-16-18(23)9-14(10-19(16)24)15-7-12-5-4-6-13(12)8-17(15)21/h4,6-8,11,14,23H,5,9-10H2,1-3H3. The molecule has 126 valence electrons. The third-order valence-corrected chi connectivity index (χ3v) is 4.72. The molecule has 0 aliphatic heterocycles. The SMILES string of the molecule is CC(C)(C)N=CC1=C(O)CC(c2cc3c(cc2Cl)C=CC3)CC1=O. The molecule has 1 N–H and O–H groups in total. The lowest BCUT2D eigenvalue weighted by Crippen LogP contribution is -2.21. The molecule has 0 heterocycles. The van der Waals surface area contributed by atoms with E-state index in [9.17, 15) is 9.90 Å². The van der Waals surface area contributed by atoms with Crippen molar-refractivity contribution >= 4 is 29.7 Å². The van der Waals surface area contributed by atoms with Gasteiger partial charge in [-0.3, -0.25) is 9.79 Å². The number of fused-ring (bicyclic) bond motifs is 1. The van der Waals surface area contributed by atoms with Crippen molar-refractivity contribution in [2.45, 2.75) is 51.5 Å². The zero-order valence-corrected chi connectivity index (χ0v) is 15.0. The number of allylic oxidation sites excluding steroid dienone is 3. The Balaban J connectivity index is 1.88. The Morgan fingerprint density at radius 2 is 2.04 bits per heavy atom. The molecule has 0 aromatic heterocycles. The fourth-order valence-corrected chi connectivity index (χ4v) is 3.47. The molecule has 0 saturated carbocycles. The van der Waals surface area contributed by atoms with Gasteiger partial charge in [0.15, 0.2) is 5.78 Å². The molecule has 1 atom stereocenters. The van der Waals surface area contributed by atoms with Gasteiger partial charge in [0.1, 0.15) is 5.76 Å². The van der Waals surface area contributed by atoms with Gasteiger partial charge in [0.2, 0.25) is 0 Å². The van der Waals surface area contributed by atoms with Crippen molar-refractivity contribution in [1.82, 2.24) is 0 Å². The number of carbonyl (C=O) groups is 1. The largest absolute Gasteiger partial charge is 0.511 e. The van der Waals surface area contributed by atoms with Crippen LogP contribution in [0.1, 0.15) is 56.2 Å². The summed E-state index contributed by atoms with van der Waals surface area (Å²) in [6.45, 7) is 5.86. The number of aliphatic hydroxyl groups is 1. The maximum atomic E-state index is 12.5. The Morgan fingerprint density at radius 1 is 1.29 bits per heavy atom. The van der Waals surface area contributed by atoms with Crippen LogP contribution in [-0.2, 0) is 11.2 Å². The molecule has 3 rings (SSSR count). The average Bonchev–Trinajstić information content (AvgIpc) is 2.91.